The number of hydrogen-bond donors (Lipinski definition) is 1. The van der Waals surface area contributed by atoms with Crippen molar-refractivity contribution in [2.45, 2.75) is 26.8 Å². The van der Waals surface area contributed by atoms with Gasteiger partial charge < -0.3 is 5.32 Å². The van der Waals surface area contributed by atoms with Crippen molar-refractivity contribution in [3.8, 4) is 0 Å². The molecule has 1 aromatic carbocycles. The fourth-order valence-corrected chi connectivity index (χ4v) is 5.11. The Hall–Kier alpha value is -0.160. The second kappa shape index (κ2) is 6.53. The lowest BCUT2D eigenvalue weighted by atomic mass is 9.95. The van der Waals surface area contributed by atoms with Crippen LogP contribution in [0.2, 0.25) is 0 Å². The molecule has 4 heteroatoms. The topological polar surface area (TPSA) is 12.0 Å². The van der Waals surface area contributed by atoms with Crippen molar-refractivity contribution in [3.05, 3.63) is 54.1 Å². The van der Waals surface area contributed by atoms with Gasteiger partial charge in [0.15, 0.2) is 0 Å². The zero-order valence-corrected chi connectivity index (χ0v) is 15.2. The van der Waals surface area contributed by atoms with E-state index in [2.05, 4.69) is 82.2 Å². The van der Waals surface area contributed by atoms with E-state index in [-0.39, 0.29) is 6.04 Å². The van der Waals surface area contributed by atoms with Crippen LogP contribution in [0.4, 0.5) is 0 Å². The van der Waals surface area contributed by atoms with E-state index >= 15 is 0 Å². The molecule has 19 heavy (non-hydrogen) atoms. The van der Waals surface area contributed by atoms with Crippen molar-refractivity contribution in [2.24, 2.45) is 0 Å². The summed E-state index contributed by atoms with van der Waals surface area (Å²) >= 11 is 8.97. The highest BCUT2D eigenvalue weighted by molar-refractivity contribution is 9.12. The third kappa shape index (κ3) is 3.48. The Bertz CT molecular complexity index is 578. The fraction of sp³-hybridized carbons (Fsp3) is 0.333. The van der Waals surface area contributed by atoms with E-state index in [1.807, 2.05) is 0 Å². The second-order valence-corrected chi connectivity index (χ2v) is 8.38. The Labute approximate surface area is 135 Å². The summed E-state index contributed by atoms with van der Waals surface area (Å²) in [6, 6.07) is 9.08. The van der Waals surface area contributed by atoms with E-state index in [9.17, 15) is 0 Å². The maximum Gasteiger partial charge on any atom is 0.0761 e. The molecule has 1 heterocycles. The summed E-state index contributed by atoms with van der Waals surface area (Å²) in [5.74, 6) is 0. The van der Waals surface area contributed by atoms with Crippen molar-refractivity contribution in [2.75, 3.05) is 6.54 Å². The highest BCUT2D eigenvalue weighted by atomic mass is 79.9. The van der Waals surface area contributed by atoms with Gasteiger partial charge in [0.05, 0.1) is 13.6 Å². The van der Waals surface area contributed by atoms with Crippen LogP contribution >= 0.6 is 43.2 Å². The van der Waals surface area contributed by atoms with Gasteiger partial charge in [-0.15, -0.1) is 11.3 Å². The van der Waals surface area contributed by atoms with Crippen molar-refractivity contribution in [3.63, 3.8) is 0 Å². The number of hydrogen-bond acceptors (Lipinski definition) is 2. The molecule has 1 unspecified atom stereocenters. The lowest BCUT2D eigenvalue weighted by Gasteiger charge is -2.21. The van der Waals surface area contributed by atoms with E-state index in [1.165, 1.54) is 26.0 Å². The molecular formula is C15H17Br2NS. The average molecular weight is 403 g/mol. The first-order valence-corrected chi connectivity index (χ1v) is 8.68. The molecule has 0 saturated heterocycles. The first-order chi connectivity index (χ1) is 9.02. The minimum atomic E-state index is 0.238. The minimum absolute atomic E-state index is 0.238. The average Bonchev–Trinajstić information content (AvgIpc) is 2.69. The van der Waals surface area contributed by atoms with Crippen molar-refractivity contribution in [1.29, 1.82) is 0 Å². The molecule has 0 spiro atoms. The summed E-state index contributed by atoms with van der Waals surface area (Å²) in [6.07, 6.45) is 0. The van der Waals surface area contributed by atoms with Crippen molar-refractivity contribution in [1.82, 2.24) is 5.32 Å². The number of benzene rings is 1. The van der Waals surface area contributed by atoms with Crippen LogP contribution in [0.5, 0.6) is 0 Å². The van der Waals surface area contributed by atoms with Crippen LogP contribution < -0.4 is 5.32 Å². The van der Waals surface area contributed by atoms with Crippen LogP contribution in [0.25, 0.3) is 0 Å². The SMILES string of the molecule is CCNC(c1cc(C)ccc1C)c1cc(Br)sc1Br. The first kappa shape index (κ1) is 15.2. The predicted octanol–water partition coefficient (Wildman–Crippen LogP) is 5.59. The van der Waals surface area contributed by atoms with Gasteiger partial charge in [-0.2, -0.15) is 0 Å². The molecule has 0 saturated carbocycles. The van der Waals surface area contributed by atoms with Crippen LogP contribution in [-0.4, -0.2) is 6.54 Å². The molecule has 0 aliphatic carbocycles. The smallest absolute Gasteiger partial charge is 0.0761 e. The summed E-state index contributed by atoms with van der Waals surface area (Å²) in [7, 11) is 0. The number of rotatable bonds is 4. The van der Waals surface area contributed by atoms with Gasteiger partial charge in [-0.1, -0.05) is 30.7 Å². The second-order valence-electron chi connectivity index (χ2n) is 4.63. The monoisotopic (exact) mass is 401 g/mol. The molecule has 0 aliphatic rings. The van der Waals surface area contributed by atoms with E-state index in [0.717, 1.165) is 10.3 Å². The highest BCUT2D eigenvalue weighted by Gasteiger charge is 2.20. The molecule has 0 radical (unpaired) electrons. The number of thiophene rings is 1. The van der Waals surface area contributed by atoms with Gasteiger partial charge >= 0.3 is 0 Å². The van der Waals surface area contributed by atoms with Gasteiger partial charge in [-0.25, -0.2) is 0 Å². The standard InChI is InChI=1S/C15H17Br2NS/c1-4-18-14(12-8-13(16)19-15(12)17)11-7-9(2)5-6-10(11)3/h5-8,14,18H,4H2,1-3H3. The molecule has 0 amide bonds. The van der Waals surface area contributed by atoms with Crippen LogP contribution in [0.15, 0.2) is 31.8 Å². The molecule has 0 fully saturated rings. The zero-order valence-electron chi connectivity index (χ0n) is 11.3. The van der Waals surface area contributed by atoms with E-state index in [4.69, 9.17) is 0 Å². The zero-order chi connectivity index (χ0) is 14.0. The third-order valence-corrected chi connectivity index (χ3v) is 5.53. The van der Waals surface area contributed by atoms with Crippen molar-refractivity contribution < 1.29 is 0 Å². The Balaban J connectivity index is 2.51. The lowest BCUT2D eigenvalue weighted by molar-refractivity contribution is 0.627. The molecular weight excluding hydrogens is 386 g/mol. The van der Waals surface area contributed by atoms with Crippen molar-refractivity contribution >= 4 is 43.2 Å². The van der Waals surface area contributed by atoms with Crippen LogP contribution in [0.3, 0.4) is 0 Å². The Kier molecular flexibility index (Phi) is 5.23. The summed E-state index contributed by atoms with van der Waals surface area (Å²) in [4.78, 5) is 0. The van der Waals surface area contributed by atoms with Gasteiger partial charge in [-0.3, -0.25) is 0 Å². The molecule has 102 valence electrons. The van der Waals surface area contributed by atoms with Gasteiger partial charge in [0, 0.05) is 0 Å². The van der Waals surface area contributed by atoms with Crippen LogP contribution in [0.1, 0.15) is 35.2 Å². The normalized spacial score (nSPS) is 12.7. The number of aryl methyl sites for hydroxylation is 2. The Morgan fingerprint density at radius 1 is 1.16 bits per heavy atom. The molecule has 2 rings (SSSR count). The van der Waals surface area contributed by atoms with Gasteiger partial charge in [0.2, 0.25) is 0 Å². The predicted molar refractivity (Wildman–Crippen MR) is 91.2 cm³/mol. The van der Waals surface area contributed by atoms with Gasteiger partial charge in [0.25, 0.3) is 0 Å². The maximum atomic E-state index is 3.68. The molecule has 0 aliphatic heterocycles. The summed E-state index contributed by atoms with van der Waals surface area (Å²) in [6.45, 7) is 7.41. The number of nitrogens with one attached hydrogen (secondary N) is 1. The van der Waals surface area contributed by atoms with Gasteiger partial charge in [0.1, 0.15) is 0 Å². The van der Waals surface area contributed by atoms with Crippen LogP contribution in [-0.2, 0) is 0 Å². The summed E-state index contributed by atoms with van der Waals surface area (Å²) in [5, 5.41) is 3.59. The van der Waals surface area contributed by atoms with Gasteiger partial charge in [-0.05, 0) is 75.0 Å². The molecule has 0 bridgehead atoms. The van der Waals surface area contributed by atoms with Crippen LogP contribution in [0, 0.1) is 13.8 Å². The fourth-order valence-electron chi connectivity index (χ4n) is 2.21. The largest absolute Gasteiger partial charge is 0.306 e. The number of halogens is 2. The molecule has 1 N–H and O–H groups in total. The summed E-state index contributed by atoms with van der Waals surface area (Å²) in [5.41, 5.74) is 5.28. The third-order valence-electron chi connectivity index (χ3n) is 3.15. The molecule has 1 nitrogen and oxygen atoms in total. The Morgan fingerprint density at radius 3 is 2.47 bits per heavy atom. The molecule has 2 aromatic rings. The maximum absolute atomic E-state index is 3.68. The van der Waals surface area contributed by atoms with E-state index in [0.29, 0.717) is 0 Å². The molecule has 1 atom stereocenters. The minimum Gasteiger partial charge on any atom is -0.306 e. The molecule has 1 aromatic heterocycles. The van der Waals surface area contributed by atoms with E-state index in [1.54, 1.807) is 11.3 Å². The lowest BCUT2D eigenvalue weighted by Crippen LogP contribution is -2.22. The highest BCUT2D eigenvalue weighted by Crippen LogP contribution is 2.38. The summed E-state index contributed by atoms with van der Waals surface area (Å²) < 4.78 is 2.34. The quantitative estimate of drug-likeness (QED) is 0.702. The first-order valence-electron chi connectivity index (χ1n) is 6.28. The Morgan fingerprint density at radius 2 is 1.89 bits per heavy atom. The van der Waals surface area contributed by atoms with E-state index < -0.39 is 0 Å².